The Kier molecular flexibility index (Phi) is 7.47. The van der Waals surface area contributed by atoms with E-state index in [0.29, 0.717) is 12.6 Å². The van der Waals surface area contributed by atoms with Crippen LogP contribution in [-0.4, -0.2) is 55.7 Å². The first-order valence-electron chi connectivity index (χ1n) is 10.1. The van der Waals surface area contributed by atoms with Gasteiger partial charge in [0.2, 0.25) is 0 Å². The molecule has 4 rings (SSSR count). The van der Waals surface area contributed by atoms with Crippen molar-refractivity contribution in [3.05, 3.63) is 63.8 Å². The third-order valence-electron chi connectivity index (χ3n) is 5.05. The normalized spacial score (nSPS) is 16.4. The molecule has 1 fully saturated rings. The minimum absolute atomic E-state index is 0.316. The van der Waals surface area contributed by atoms with E-state index >= 15 is 0 Å². The highest BCUT2D eigenvalue weighted by atomic mass is 32.1. The average molecular weight is 442 g/mol. The van der Waals surface area contributed by atoms with Crippen molar-refractivity contribution in [2.45, 2.75) is 12.6 Å². The van der Waals surface area contributed by atoms with E-state index in [9.17, 15) is 0 Å². The number of nitrogens with one attached hydrogen (secondary N) is 2. The molecule has 1 aliphatic rings. The number of aliphatic imine (C=N–C) groups is 1. The maximum absolute atomic E-state index is 5.53. The van der Waals surface area contributed by atoms with Crippen molar-refractivity contribution < 1.29 is 4.74 Å². The molecule has 6 nitrogen and oxygen atoms in total. The zero-order chi connectivity index (χ0) is 20.6. The van der Waals surface area contributed by atoms with Gasteiger partial charge in [0.15, 0.2) is 5.96 Å². The van der Waals surface area contributed by atoms with Crippen LogP contribution in [0.25, 0.3) is 10.6 Å². The van der Waals surface area contributed by atoms with Crippen LogP contribution in [0.4, 0.5) is 0 Å². The Hall–Kier alpha value is -2.26. The average Bonchev–Trinajstić information content (AvgIpc) is 3.50. The number of guanidine groups is 1. The van der Waals surface area contributed by atoms with Crippen LogP contribution in [-0.2, 0) is 11.3 Å². The molecule has 0 amide bonds. The zero-order valence-electron chi connectivity index (χ0n) is 17.1. The standard InChI is InChI=1S/C22H27N5OS2/c1-23-22(24-14-18-16-30-21(26-18)17-6-3-2-4-7-17)25-15-19(20-8-5-13-29-20)27-9-11-28-12-10-27/h2-8,13,16,19H,9-12,14-15H2,1H3,(H2,23,24,25). The van der Waals surface area contributed by atoms with Gasteiger partial charge in [-0.25, -0.2) is 4.98 Å². The van der Waals surface area contributed by atoms with Gasteiger partial charge in [-0.2, -0.15) is 0 Å². The van der Waals surface area contributed by atoms with Gasteiger partial charge >= 0.3 is 0 Å². The third kappa shape index (κ3) is 5.46. The Balaban J connectivity index is 1.33. The lowest BCUT2D eigenvalue weighted by Gasteiger charge is -2.34. The molecular weight excluding hydrogens is 414 g/mol. The number of thiophene rings is 1. The second-order valence-electron chi connectivity index (χ2n) is 7.00. The molecular formula is C22H27N5OS2. The molecule has 0 spiro atoms. The van der Waals surface area contributed by atoms with Gasteiger partial charge in [-0.1, -0.05) is 36.4 Å². The minimum atomic E-state index is 0.316. The van der Waals surface area contributed by atoms with Crippen LogP contribution in [0.1, 0.15) is 16.6 Å². The first-order chi connectivity index (χ1) is 14.8. The van der Waals surface area contributed by atoms with Gasteiger partial charge in [0.25, 0.3) is 0 Å². The molecule has 1 aromatic carbocycles. The Morgan fingerprint density at radius 2 is 1.97 bits per heavy atom. The van der Waals surface area contributed by atoms with E-state index in [1.807, 2.05) is 18.2 Å². The third-order valence-corrected chi connectivity index (χ3v) is 6.97. The number of benzene rings is 1. The topological polar surface area (TPSA) is 61.8 Å². The lowest BCUT2D eigenvalue weighted by atomic mass is 10.2. The smallest absolute Gasteiger partial charge is 0.191 e. The van der Waals surface area contributed by atoms with Crippen LogP contribution in [0.5, 0.6) is 0 Å². The number of nitrogens with zero attached hydrogens (tertiary/aromatic N) is 3. The van der Waals surface area contributed by atoms with Gasteiger partial charge in [-0.05, 0) is 11.4 Å². The molecule has 8 heteroatoms. The molecule has 3 heterocycles. The number of hydrogen-bond donors (Lipinski definition) is 2. The monoisotopic (exact) mass is 441 g/mol. The second kappa shape index (κ2) is 10.7. The molecule has 0 radical (unpaired) electrons. The SMILES string of the molecule is CN=C(NCc1csc(-c2ccccc2)n1)NCC(c1cccs1)N1CCOCC1. The molecule has 3 aromatic rings. The summed E-state index contributed by atoms with van der Waals surface area (Å²) in [5.74, 6) is 0.791. The number of aromatic nitrogens is 1. The van der Waals surface area contributed by atoms with Crippen molar-refractivity contribution in [1.29, 1.82) is 0 Å². The van der Waals surface area contributed by atoms with Gasteiger partial charge < -0.3 is 15.4 Å². The minimum Gasteiger partial charge on any atom is -0.379 e. The number of morpholine rings is 1. The fourth-order valence-electron chi connectivity index (χ4n) is 3.47. The number of thiazole rings is 1. The summed E-state index contributed by atoms with van der Waals surface area (Å²) in [4.78, 5) is 13.0. The van der Waals surface area contributed by atoms with Crippen molar-refractivity contribution >= 4 is 28.6 Å². The van der Waals surface area contributed by atoms with E-state index < -0.39 is 0 Å². The lowest BCUT2D eigenvalue weighted by Crippen LogP contribution is -2.46. The summed E-state index contributed by atoms with van der Waals surface area (Å²) >= 11 is 3.47. The van der Waals surface area contributed by atoms with Crippen LogP contribution >= 0.6 is 22.7 Å². The van der Waals surface area contributed by atoms with Crippen molar-refractivity contribution in [2.24, 2.45) is 4.99 Å². The highest BCUT2D eigenvalue weighted by molar-refractivity contribution is 7.13. The lowest BCUT2D eigenvalue weighted by molar-refractivity contribution is 0.0177. The van der Waals surface area contributed by atoms with Crippen LogP contribution < -0.4 is 10.6 Å². The van der Waals surface area contributed by atoms with Crippen LogP contribution in [0, 0.1) is 0 Å². The maximum Gasteiger partial charge on any atom is 0.191 e. The van der Waals surface area contributed by atoms with E-state index in [-0.39, 0.29) is 0 Å². The van der Waals surface area contributed by atoms with Gasteiger partial charge in [0.05, 0.1) is 31.5 Å². The summed E-state index contributed by atoms with van der Waals surface area (Å²) < 4.78 is 5.53. The fraction of sp³-hybridized carbons (Fsp3) is 0.364. The molecule has 30 heavy (non-hydrogen) atoms. The summed E-state index contributed by atoms with van der Waals surface area (Å²) in [6.45, 7) is 4.94. The molecule has 1 atom stereocenters. The van der Waals surface area contributed by atoms with Crippen molar-refractivity contribution in [1.82, 2.24) is 20.5 Å². The molecule has 1 aliphatic heterocycles. The summed E-state index contributed by atoms with van der Waals surface area (Å²) in [5, 5.41) is 12.2. The molecule has 158 valence electrons. The predicted molar refractivity (Wildman–Crippen MR) is 125 cm³/mol. The molecule has 0 bridgehead atoms. The van der Waals surface area contributed by atoms with Gasteiger partial charge in [-0.3, -0.25) is 9.89 Å². The summed E-state index contributed by atoms with van der Waals surface area (Å²) in [5.41, 5.74) is 2.17. The molecule has 2 aromatic heterocycles. The second-order valence-corrected chi connectivity index (χ2v) is 8.83. The van der Waals surface area contributed by atoms with Crippen LogP contribution in [0.3, 0.4) is 0 Å². The van der Waals surface area contributed by atoms with Gasteiger partial charge in [0, 0.05) is 42.5 Å². The number of ether oxygens (including phenoxy) is 1. The van der Waals surface area contributed by atoms with Crippen LogP contribution in [0.2, 0.25) is 0 Å². The zero-order valence-corrected chi connectivity index (χ0v) is 18.7. The highest BCUT2D eigenvalue weighted by Crippen LogP contribution is 2.25. The number of rotatable bonds is 7. The fourth-order valence-corrected chi connectivity index (χ4v) is 5.16. The van der Waals surface area contributed by atoms with E-state index in [1.54, 1.807) is 29.7 Å². The van der Waals surface area contributed by atoms with Crippen molar-refractivity contribution in [2.75, 3.05) is 39.9 Å². The molecule has 0 aliphatic carbocycles. The van der Waals surface area contributed by atoms with Crippen molar-refractivity contribution in [3.8, 4) is 10.6 Å². The Morgan fingerprint density at radius 3 is 2.70 bits per heavy atom. The molecule has 1 unspecified atom stereocenters. The number of hydrogen-bond acceptors (Lipinski definition) is 6. The van der Waals surface area contributed by atoms with E-state index in [2.05, 4.69) is 55.6 Å². The largest absolute Gasteiger partial charge is 0.379 e. The quantitative estimate of drug-likeness (QED) is 0.433. The van der Waals surface area contributed by atoms with Crippen LogP contribution in [0.15, 0.2) is 58.2 Å². The van der Waals surface area contributed by atoms with Gasteiger partial charge in [-0.15, -0.1) is 22.7 Å². The van der Waals surface area contributed by atoms with Crippen molar-refractivity contribution in [3.63, 3.8) is 0 Å². The summed E-state index contributed by atoms with van der Waals surface area (Å²) in [6.07, 6.45) is 0. The molecule has 2 N–H and O–H groups in total. The summed E-state index contributed by atoms with van der Waals surface area (Å²) in [6, 6.07) is 14.9. The van der Waals surface area contributed by atoms with E-state index in [4.69, 9.17) is 9.72 Å². The molecule has 1 saturated heterocycles. The molecule has 0 saturated carbocycles. The van der Waals surface area contributed by atoms with E-state index in [1.165, 1.54) is 4.88 Å². The Labute approximate surface area is 185 Å². The Morgan fingerprint density at radius 1 is 1.13 bits per heavy atom. The van der Waals surface area contributed by atoms with Gasteiger partial charge in [0.1, 0.15) is 5.01 Å². The first kappa shape index (κ1) is 21.0. The maximum atomic E-state index is 5.53. The predicted octanol–water partition coefficient (Wildman–Crippen LogP) is 3.61. The van der Waals surface area contributed by atoms with E-state index in [0.717, 1.165) is 55.1 Å². The first-order valence-corrected chi connectivity index (χ1v) is 11.9. The summed E-state index contributed by atoms with van der Waals surface area (Å²) in [7, 11) is 1.81. The Bertz CT molecular complexity index is 920. The highest BCUT2D eigenvalue weighted by Gasteiger charge is 2.23.